The molecule has 4 aliphatic rings. The highest BCUT2D eigenvalue weighted by molar-refractivity contribution is 6.31. The van der Waals surface area contributed by atoms with E-state index >= 15 is 0 Å². The van der Waals surface area contributed by atoms with E-state index in [2.05, 4.69) is 37.0 Å². The number of anilines is 2. The summed E-state index contributed by atoms with van der Waals surface area (Å²) in [7, 11) is 0. The van der Waals surface area contributed by atoms with Crippen LogP contribution in [0.25, 0.3) is 0 Å². The number of carbonyl (C=O) groups excluding carboxylic acids is 1. The van der Waals surface area contributed by atoms with Crippen LogP contribution in [0.1, 0.15) is 64.0 Å². The summed E-state index contributed by atoms with van der Waals surface area (Å²) in [5, 5.41) is 20.1. The first-order valence-electron chi connectivity index (χ1n) is 13.0. The molecule has 0 aromatic carbocycles. The molecule has 2 aromatic rings. The molecule has 2 heterocycles. The number of hydrogen-bond donors (Lipinski definition) is 3. The predicted molar refractivity (Wildman–Crippen MR) is 141 cm³/mol. The van der Waals surface area contributed by atoms with E-state index in [0.717, 1.165) is 37.8 Å². The van der Waals surface area contributed by atoms with Gasteiger partial charge in [0.25, 0.3) is 0 Å². The van der Waals surface area contributed by atoms with Crippen LogP contribution in [0, 0.1) is 34.5 Å². The van der Waals surface area contributed by atoms with Gasteiger partial charge in [-0.1, -0.05) is 11.6 Å². The van der Waals surface area contributed by atoms with Gasteiger partial charge in [0, 0.05) is 42.1 Å². The number of rotatable bonds is 7. The Balaban J connectivity index is 1.24. The van der Waals surface area contributed by atoms with E-state index in [1.807, 2.05) is 20.8 Å². The lowest BCUT2D eigenvalue weighted by Gasteiger charge is -2.60. The summed E-state index contributed by atoms with van der Waals surface area (Å²) in [5.74, 6) is 2.54. The second kappa shape index (κ2) is 9.97. The Kier molecular flexibility index (Phi) is 6.88. The van der Waals surface area contributed by atoms with Crippen LogP contribution in [0.4, 0.5) is 16.6 Å². The molecular formula is C27H34ClN7O2. The molecule has 3 unspecified atom stereocenters. The summed E-state index contributed by atoms with van der Waals surface area (Å²) >= 11 is 6.23. The first kappa shape index (κ1) is 25.5. The molecule has 4 aliphatic carbocycles. The van der Waals surface area contributed by atoms with Crippen molar-refractivity contribution in [1.82, 2.24) is 20.3 Å². The minimum Gasteiger partial charge on any atom is -0.444 e. The number of nitriles is 1. The van der Waals surface area contributed by atoms with Gasteiger partial charge in [-0.25, -0.2) is 9.78 Å². The quantitative estimate of drug-likeness (QED) is 0.455. The van der Waals surface area contributed by atoms with Crippen molar-refractivity contribution < 1.29 is 9.53 Å². The Morgan fingerprint density at radius 1 is 1.22 bits per heavy atom. The number of ether oxygens (including phenoxy) is 1. The number of nitrogens with one attached hydrogen (secondary N) is 3. The van der Waals surface area contributed by atoms with Crippen molar-refractivity contribution in [2.45, 2.75) is 71.1 Å². The SMILES string of the molecule is CC(C)(C)OC(=O)NC1[C@@H]2CC3C[C@H]1CC(CNc1nc(NCc4cnccc4Cl)ncc1C#N)(C3)C2. The normalized spacial score (nSPS) is 27.9. The Morgan fingerprint density at radius 3 is 2.65 bits per heavy atom. The van der Waals surface area contributed by atoms with Crippen molar-refractivity contribution >= 4 is 29.5 Å². The van der Waals surface area contributed by atoms with E-state index < -0.39 is 5.60 Å². The maximum absolute atomic E-state index is 12.5. The zero-order valence-electron chi connectivity index (χ0n) is 21.6. The van der Waals surface area contributed by atoms with Crippen LogP contribution in [0.5, 0.6) is 0 Å². The van der Waals surface area contributed by atoms with E-state index in [9.17, 15) is 10.1 Å². The van der Waals surface area contributed by atoms with Gasteiger partial charge in [0.2, 0.25) is 5.95 Å². The molecule has 3 N–H and O–H groups in total. The van der Waals surface area contributed by atoms with E-state index in [1.54, 1.807) is 24.7 Å². The third kappa shape index (κ3) is 5.74. The number of alkyl carbamates (subject to hydrolysis) is 1. The van der Waals surface area contributed by atoms with Crippen molar-refractivity contribution in [1.29, 1.82) is 5.26 Å². The lowest BCUT2D eigenvalue weighted by Crippen LogP contribution is -2.60. The molecule has 4 bridgehead atoms. The Hall–Kier alpha value is -3.12. The van der Waals surface area contributed by atoms with Gasteiger partial charge in [-0.2, -0.15) is 10.2 Å². The number of aromatic nitrogens is 3. The van der Waals surface area contributed by atoms with E-state index in [1.165, 1.54) is 6.42 Å². The maximum Gasteiger partial charge on any atom is 0.407 e. The van der Waals surface area contributed by atoms with E-state index in [-0.39, 0.29) is 17.6 Å². The molecule has 6 rings (SSSR count). The summed E-state index contributed by atoms with van der Waals surface area (Å²) in [6, 6.07) is 4.11. The van der Waals surface area contributed by atoms with Crippen LogP contribution >= 0.6 is 11.6 Å². The molecule has 10 heteroatoms. The molecule has 4 saturated carbocycles. The summed E-state index contributed by atoms with van der Waals surface area (Å²) in [4.78, 5) is 25.5. The first-order valence-corrected chi connectivity index (χ1v) is 13.3. The van der Waals surface area contributed by atoms with Gasteiger partial charge in [0.1, 0.15) is 23.1 Å². The third-order valence-electron chi connectivity index (χ3n) is 7.90. The van der Waals surface area contributed by atoms with E-state index in [0.29, 0.717) is 46.7 Å². The molecular weight excluding hydrogens is 490 g/mol. The van der Waals surface area contributed by atoms with Crippen molar-refractivity contribution in [2.24, 2.45) is 23.2 Å². The fourth-order valence-corrected chi connectivity index (χ4v) is 6.93. The number of nitrogens with zero attached hydrogens (tertiary/aromatic N) is 4. The molecule has 2 aromatic heterocycles. The molecule has 0 spiro atoms. The lowest BCUT2D eigenvalue weighted by molar-refractivity contribution is -0.0703. The van der Waals surface area contributed by atoms with Gasteiger partial charge < -0.3 is 20.7 Å². The van der Waals surface area contributed by atoms with Gasteiger partial charge in [0.15, 0.2) is 0 Å². The molecule has 0 saturated heterocycles. The standard InChI is InChI=1S/C27H34ClN7O2/c1-26(2,3)37-25(36)34-22-17-6-16-7-18(22)10-27(8-16,9-17)15-33-23-19(11-29)13-31-24(35-23)32-14-20-12-30-5-4-21(20)28/h4-5,12-13,16-18,22H,6-10,14-15H2,1-3H3,(H,34,36)(H2,31,32,33,35)/t16?,17-,18+,22?,27?. The van der Waals surface area contributed by atoms with Crippen molar-refractivity contribution in [3.05, 3.63) is 40.8 Å². The zero-order chi connectivity index (χ0) is 26.2. The monoisotopic (exact) mass is 523 g/mol. The first-order chi connectivity index (χ1) is 17.6. The van der Waals surface area contributed by atoms with Crippen molar-refractivity contribution in [2.75, 3.05) is 17.2 Å². The van der Waals surface area contributed by atoms with Gasteiger partial charge in [-0.05, 0) is 82.1 Å². The summed E-state index contributed by atoms with van der Waals surface area (Å²) < 4.78 is 5.54. The topological polar surface area (TPSA) is 125 Å². The third-order valence-corrected chi connectivity index (χ3v) is 8.27. The second-order valence-corrected chi connectivity index (χ2v) is 12.3. The molecule has 0 radical (unpaired) electrons. The van der Waals surface area contributed by atoms with Crippen molar-refractivity contribution in [3.63, 3.8) is 0 Å². The smallest absolute Gasteiger partial charge is 0.407 e. The van der Waals surface area contributed by atoms with Crippen LogP contribution in [-0.2, 0) is 11.3 Å². The zero-order valence-corrected chi connectivity index (χ0v) is 22.3. The number of amides is 1. The number of carbonyl (C=O) groups is 1. The van der Waals surface area contributed by atoms with Gasteiger partial charge in [-0.15, -0.1) is 0 Å². The van der Waals surface area contributed by atoms with Gasteiger partial charge in [0.05, 0.1) is 6.20 Å². The molecule has 1 amide bonds. The van der Waals surface area contributed by atoms with E-state index in [4.69, 9.17) is 16.3 Å². The average Bonchev–Trinajstić information content (AvgIpc) is 2.83. The molecule has 4 fully saturated rings. The molecule has 5 atom stereocenters. The highest BCUT2D eigenvalue weighted by Crippen LogP contribution is 2.60. The maximum atomic E-state index is 12.5. The van der Waals surface area contributed by atoms with Crippen LogP contribution in [0.2, 0.25) is 5.02 Å². The van der Waals surface area contributed by atoms with Gasteiger partial charge >= 0.3 is 6.09 Å². The fraction of sp³-hybridized carbons (Fsp3) is 0.593. The Bertz CT molecular complexity index is 1190. The minimum absolute atomic E-state index is 0.136. The lowest BCUT2D eigenvalue weighted by atomic mass is 9.48. The predicted octanol–water partition coefficient (Wildman–Crippen LogP) is 5.14. The summed E-state index contributed by atoms with van der Waals surface area (Å²) in [5.41, 5.74) is 0.889. The minimum atomic E-state index is -0.505. The molecule has 37 heavy (non-hydrogen) atoms. The number of pyridine rings is 1. The van der Waals surface area contributed by atoms with Crippen LogP contribution < -0.4 is 16.0 Å². The largest absolute Gasteiger partial charge is 0.444 e. The molecule has 0 aliphatic heterocycles. The molecule has 9 nitrogen and oxygen atoms in total. The summed E-state index contributed by atoms with van der Waals surface area (Å²) in [6.07, 6.45) is 10.1. The Labute approximate surface area is 222 Å². The number of hydrogen-bond acceptors (Lipinski definition) is 8. The van der Waals surface area contributed by atoms with Crippen LogP contribution in [0.15, 0.2) is 24.7 Å². The number of halogens is 1. The second-order valence-electron chi connectivity index (χ2n) is 11.9. The Morgan fingerprint density at radius 2 is 1.97 bits per heavy atom. The fourth-order valence-electron chi connectivity index (χ4n) is 6.76. The summed E-state index contributed by atoms with van der Waals surface area (Å²) in [6.45, 7) is 6.85. The average molecular weight is 524 g/mol. The molecule has 196 valence electrons. The highest BCUT2D eigenvalue weighted by Gasteiger charge is 2.55. The highest BCUT2D eigenvalue weighted by atomic mass is 35.5. The van der Waals surface area contributed by atoms with Crippen molar-refractivity contribution in [3.8, 4) is 6.07 Å². The van der Waals surface area contributed by atoms with Crippen LogP contribution in [0.3, 0.4) is 0 Å². The van der Waals surface area contributed by atoms with Crippen LogP contribution in [-0.4, -0.2) is 39.2 Å². The van der Waals surface area contributed by atoms with Gasteiger partial charge in [-0.3, -0.25) is 4.98 Å².